The Morgan fingerprint density at radius 2 is 1.93 bits per heavy atom. The second-order valence-corrected chi connectivity index (χ2v) is 6.71. The SMILES string of the molecule is CCOc1cc2ncnc(Cc3ccc(F)c(Cl)c3)c2cc1OCCCNC. The third-order valence-electron chi connectivity index (χ3n) is 4.27. The molecule has 1 aromatic heterocycles. The van der Waals surface area contributed by atoms with Crippen LogP contribution in [0.15, 0.2) is 36.7 Å². The van der Waals surface area contributed by atoms with Crippen molar-refractivity contribution in [2.45, 2.75) is 19.8 Å². The van der Waals surface area contributed by atoms with Gasteiger partial charge in [0, 0.05) is 17.9 Å². The van der Waals surface area contributed by atoms with Gasteiger partial charge >= 0.3 is 0 Å². The van der Waals surface area contributed by atoms with Crippen LogP contribution in [0.3, 0.4) is 0 Å². The van der Waals surface area contributed by atoms with Gasteiger partial charge in [0.15, 0.2) is 11.5 Å². The van der Waals surface area contributed by atoms with Crippen molar-refractivity contribution < 1.29 is 13.9 Å². The van der Waals surface area contributed by atoms with Crippen molar-refractivity contribution in [1.82, 2.24) is 15.3 Å². The Bertz CT molecular complexity index is 952. The lowest BCUT2D eigenvalue weighted by molar-refractivity contribution is 0.273. The molecule has 0 aliphatic heterocycles. The Balaban J connectivity index is 1.95. The Labute approximate surface area is 168 Å². The molecule has 0 atom stereocenters. The fourth-order valence-electron chi connectivity index (χ4n) is 2.91. The molecule has 0 saturated heterocycles. The molecule has 0 aliphatic rings. The number of ether oxygens (including phenoxy) is 2. The van der Waals surface area contributed by atoms with Crippen molar-refractivity contribution in [3.8, 4) is 11.5 Å². The van der Waals surface area contributed by atoms with Crippen LogP contribution in [0.25, 0.3) is 10.9 Å². The molecule has 2 aromatic carbocycles. The van der Waals surface area contributed by atoms with E-state index >= 15 is 0 Å². The number of fused-ring (bicyclic) bond motifs is 1. The number of nitrogens with one attached hydrogen (secondary N) is 1. The minimum Gasteiger partial charge on any atom is -0.490 e. The number of rotatable bonds is 9. The lowest BCUT2D eigenvalue weighted by atomic mass is 10.1. The standard InChI is InChI=1S/C21H23ClFN3O2/c1-3-27-21-12-19-15(11-20(21)28-8-4-7-24-2)18(25-13-26-19)10-14-5-6-17(23)16(22)9-14/h5-6,9,11-13,24H,3-4,7-8,10H2,1-2H3. The Hall–Kier alpha value is -2.44. The molecule has 5 nitrogen and oxygen atoms in total. The molecule has 0 radical (unpaired) electrons. The molecule has 3 aromatic rings. The van der Waals surface area contributed by atoms with Crippen LogP contribution in [-0.4, -0.2) is 36.8 Å². The first-order chi connectivity index (χ1) is 13.6. The van der Waals surface area contributed by atoms with Crippen LogP contribution in [0.4, 0.5) is 4.39 Å². The number of aromatic nitrogens is 2. The molecule has 0 fully saturated rings. The van der Waals surface area contributed by atoms with Gasteiger partial charge in [-0.2, -0.15) is 0 Å². The third-order valence-corrected chi connectivity index (χ3v) is 4.56. The maximum atomic E-state index is 13.4. The van der Waals surface area contributed by atoms with E-state index in [2.05, 4.69) is 15.3 Å². The lowest BCUT2D eigenvalue weighted by Crippen LogP contribution is -2.12. The predicted molar refractivity (Wildman–Crippen MR) is 109 cm³/mol. The van der Waals surface area contributed by atoms with E-state index in [1.165, 1.54) is 12.4 Å². The maximum Gasteiger partial charge on any atom is 0.163 e. The third kappa shape index (κ3) is 4.88. The minimum atomic E-state index is -0.434. The molecule has 28 heavy (non-hydrogen) atoms. The largest absolute Gasteiger partial charge is 0.490 e. The fourth-order valence-corrected chi connectivity index (χ4v) is 3.12. The summed E-state index contributed by atoms with van der Waals surface area (Å²) in [4.78, 5) is 8.79. The first kappa shape index (κ1) is 20.3. The van der Waals surface area contributed by atoms with Gasteiger partial charge in [0.1, 0.15) is 12.1 Å². The normalized spacial score (nSPS) is 11.0. The monoisotopic (exact) mass is 403 g/mol. The topological polar surface area (TPSA) is 56.3 Å². The maximum absolute atomic E-state index is 13.4. The molecule has 148 valence electrons. The van der Waals surface area contributed by atoms with Gasteiger partial charge in [0.05, 0.1) is 29.4 Å². The van der Waals surface area contributed by atoms with E-state index in [0.717, 1.165) is 35.1 Å². The number of hydrogen-bond acceptors (Lipinski definition) is 5. The summed E-state index contributed by atoms with van der Waals surface area (Å²) in [5, 5.41) is 4.07. The average Bonchev–Trinajstić information content (AvgIpc) is 2.69. The summed E-state index contributed by atoms with van der Waals surface area (Å²) in [6.45, 7) is 3.91. The highest BCUT2D eigenvalue weighted by molar-refractivity contribution is 6.30. The van der Waals surface area contributed by atoms with Gasteiger partial charge in [-0.05, 0) is 50.7 Å². The highest BCUT2D eigenvalue weighted by Gasteiger charge is 2.13. The van der Waals surface area contributed by atoms with E-state index in [9.17, 15) is 4.39 Å². The summed E-state index contributed by atoms with van der Waals surface area (Å²) >= 11 is 5.91. The Morgan fingerprint density at radius 3 is 2.68 bits per heavy atom. The zero-order valence-corrected chi connectivity index (χ0v) is 16.7. The quantitative estimate of drug-likeness (QED) is 0.536. The molecular weight excluding hydrogens is 381 g/mol. The summed E-state index contributed by atoms with van der Waals surface area (Å²) < 4.78 is 25.1. The van der Waals surface area contributed by atoms with Crippen molar-refractivity contribution >= 4 is 22.5 Å². The first-order valence-electron chi connectivity index (χ1n) is 9.24. The van der Waals surface area contributed by atoms with Crippen molar-refractivity contribution in [2.24, 2.45) is 0 Å². The molecule has 0 bridgehead atoms. The number of benzene rings is 2. The van der Waals surface area contributed by atoms with Gasteiger partial charge in [-0.3, -0.25) is 0 Å². The van der Waals surface area contributed by atoms with Crippen LogP contribution in [0.2, 0.25) is 5.02 Å². The Morgan fingerprint density at radius 1 is 1.11 bits per heavy atom. The summed E-state index contributed by atoms with van der Waals surface area (Å²) in [5.41, 5.74) is 2.46. The van der Waals surface area contributed by atoms with Crippen LogP contribution >= 0.6 is 11.6 Å². The zero-order valence-electron chi connectivity index (χ0n) is 16.0. The van der Waals surface area contributed by atoms with E-state index in [0.29, 0.717) is 31.1 Å². The van der Waals surface area contributed by atoms with Gasteiger partial charge in [-0.25, -0.2) is 14.4 Å². The smallest absolute Gasteiger partial charge is 0.163 e. The van der Waals surface area contributed by atoms with E-state index < -0.39 is 5.82 Å². The molecule has 0 saturated carbocycles. The second kappa shape index (κ2) is 9.66. The summed E-state index contributed by atoms with van der Waals surface area (Å²) in [6.07, 6.45) is 2.91. The van der Waals surface area contributed by atoms with Crippen LogP contribution in [0, 0.1) is 5.82 Å². The fraction of sp³-hybridized carbons (Fsp3) is 0.333. The molecule has 3 rings (SSSR count). The van der Waals surface area contributed by atoms with E-state index in [4.69, 9.17) is 21.1 Å². The summed E-state index contributed by atoms with van der Waals surface area (Å²) in [5.74, 6) is 0.893. The van der Waals surface area contributed by atoms with Crippen molar-refractivity contribution in [2.75, 3.05) is 26.8 Å². The molecule has 7 heteroatoms. The van der Waals surface area contributed by atoms with Crippen molar-refractivity contribution in [1.29, 1.82) is 0 Å². The van der Waals surface area contributed by atoms with E-state index in [1.807, 2.05) is 26.1 Å². The minimum absolute atomic E-state index is 0.100. The molecule has 0 unspecified atom stereocenters. The van der Waals surface area contributed by atoms with Gasteiger partial charge in [0.2, 0.25) is 0 Å². The zero-order chi connectivity index (χ0) is 19.9. The predicted octanol–water partition coefficient (Wildman–Crippen LogP) is 4.40. The van der Waals surface area contributed by atoms with Crippen molar-refractivity contribution in [3.05, 3.63) is 58.8 Å². The van der Waals surface area contributed by atoms with E-state index in [1.54, 1.807) is 12.1 Å². The average molecular weight is 404 g/mol. The lowest BCUT2D eigenvalue weighted by Gasteiger charge is -2.14. The Kier molecular flexibility index (Phi) is 7.01. The first-order valence-corrected chi connectivity index (χ1v) is 9.62. The van der Waals surface area contributed by atoms with Crippen LogP contribution in [0.1, 0.15) is 24.6 Å². The second-order valence-electron chi connectivity index (χ2n) is 6.30. The molecule has 0 spiro atoms. The highest BCUT2D eigenvalue weighted by atomic mass is 35.5. The van der Waals surface area contributed by atoms with E-state index in [-0.39, 0.29) is 5.02 Å². The summed E-state index contributed by atoms with van der Waals surface area (Å²) in [7, 11) is 1.91. The van der Waals surface area contributed by atoms with Gasteiger partial charge in [0.25, 0.3) is 0 Å². The molecule has 1 N–H and O–H groups in total. The van der Waals surface area contributed by atoms with Crippen LogP contribution < -0.4 is 14.8 Å². The van der Waals surface area contributed by atoms with Crippen LogP contribution in [0.5, 0.6) is 11.5 Å². The van der Waals surface area contributed by atoms with Gasteiger partial charge in [-0.1, -0.05) is 17.7 Å². The summed E-state index contributed by atoms with van der Waals surface area (Å²) in [6, 6.07) is 8.48. The number of hydrogen-bond donors (Lipinski definition) is 1. The molecule has 1 heterocycles. The number of nitrogens with zero attached hydrogens (tertiary/aromatic N) is 2. The molecule has 0 aliphatic carbocycles. The number of halogens is 2. The van der Waals surface area contributed by atoms with Crippen LogP contribution in [-0.2, 0) is 6.42 Å². The van der Waals surface area contributed by atoms with Gasteiger partial charge < -0.3 is 14.8 Å². The molecule has 0 amide bonds. The van der Waals surface area contributed by atoms with Gasteiger partial charge in [-0.15, -0.1) is 0 Å². The molecular formula is C21H23ClFN3O2. The highest BCUT2D eigenvalue weighted by Crippen LogP contribution is 2.33. The van der Waals surface area contributed by atoms with Crippen molar-refractivity contribution in [3.63, 3.8) is 0 Å².